The van der Waals surface area contributed by atoms with Gasteiger partial charge in [0.15, 0.2) is 0 Å². The zero-order valence-corrected chi connectivity index (χ0v) is 11.0. The summed E-state index contributed by atoms with van der Waals surface area (Å²) in [6.07, 6.45) is 5.82. The molecule has 0 saturated heterocycles. The van der Waals surface area contributed by atoms with Gasteiger partial charge in [0.05, 0.1) is 18.8 Å². The van der Waals surface area contributed by atoms with Crippen molar-refractivity contribution in [1.29, 1.82) is 0 Å². The first-order valence-electron chi connectivity index (χ1n) is 6.53. The molecule has 0 bridgehead atoms. The van der Waals surface area contributed by atoms with Gasteiger partial charge in [-0.25, -0.2) is 4.98 Å². The van der Waals surface area contributed by atoms with E-state index in [1.165, 1.54) is 11.3 Å². The summed E-state index contributed by atoms with van der Waals surface area (Å²) in [5.41, 5.74) is 3.62. The fourth-order valence-electron chi connectivity index (χ4n) is 2.59. The van der Waals surface area contributed by atoms with Gasteiger partial charge in [0.1, 0.15) is 0 Å². The molecule has 19 heavy (non-hydrogen) atoms. The Balaban J connectivity index is 1.71. The Kier molecular flexibility index (Phi) is 3.42. The number of rotatable bonds is 4. The first-order chi connectivity index (χ1) is 9.38. The zero-order valence-electron chi connectivity index (χ0n) is 11.0. The van der Waals surface area contributed by atoms with Crippen molar-refractivity contribution in [3.05, 3.63) is 53.5 Å². The van der Waals surface area contributed by atoms with Crippen LogP contribution < -0.4 is 10.1 Å². The van der Waals surface area contributed by atoms with Crippen LogP contribution in [0.5, 0.6) is 5.88 Å². The quantitative estimate of drug-likeness (QED) is 0.910. The van der Waals surface area contributed by atoms with Gasteiger partial charge in [-0.15, -0.1) is 0 Å². The standard InChI is InChI=1S/C15H17N3O/c1-19-15-12(5-3-9-17-15)10-18-13-7-6-11-4-2-8-16-14(11)13/h2-5,8-9,13,18H,6-7,10H2,1H3. The number of hydrogen-bond acceptors (Lipinski definition) is 4. The van der Waals surface area contributed by atoms with E-state index in [0.29, 0.717) is 11.9 Å². The molecule has 0 aliphatic heterocycles. The van der Waals surface area contributed by atoms with E-state index in [2.05, 4.69) is 21.4 Å². The number of hydrogen-bond donors (Lipinski definition) is 1. The maximum atomic E-state index is 5.26. The molecular weight excluding hydrogens is 238 g/mol. The number of nitrogens with one attached hydrogen (secondary N) is 1. The van der Waals surface area contributed by atoms with Crippen molar-refractivity contribution in [1.82, 2.24) is 15.3 Å². The number of methoxy groups -OCH3 is 1. The third-order valence-electron chi connectivity index (χ3n) is 3.54. The number of aryl methyl sites for hydroxylation is 1. The predicted molar refractivity (Wildman–Crippen MR) is 72.9 cm³/mol. The zero-order chi connectivity index (χ0) is 13.1. The second kappa shape index (κ2) is 5.36. The number of nitrogens with zero attached hydrogens (tertiary/aromatic N) is 2. The summed E-state index contributed by atoms with van der Waals surface area (Å²) in [4.78, 5) is 8.70. The van der Waals surface area contributed by atoms with Gasteiger partial charge >= 0.3 is 0 Å². The molecule has 1 aliphatic rings. The average molecular weight is 255 g/mol. The highest BCUT2D eigenvalue weighted by molar-refractivity contribution is 5.29. The van der Waals surface area contributed by atoms with Crippen LogP contribution in [0, 0.1) is 0 Å². The van der Waals surface area contributed by atoms with E-state index in [-0.39, 0.29) is 0 Å². The molecule has 2 aromatic heterocycles. The van der Waals surface area contributed by atoms with Gasteiger partial charge in [-0.2, -0.15) is 0 Å². The van der Waals surface area contributed by atoms with Crippen molar-refractivity contribution >= 4 is 0 Å². The van der Waals surface area contributed by atoms with Crippen molar-refractivity contribution < 1.29 is 4.74 Å². The Morgan fingerprint density at radius 1 is 1.26 bits per heavy atom. The minimum atomic E-state index is 0.334. The van der Waals surface area contributed by atoms with E-state index in [1.807, 2.05) is 24.4 Å². The van der Waals surface area contributed by atoms with Crippen molar-refractivity contribution in [3.8, 4) is 5.88 Å². The second-order valence-electron chi connectivity index (χ2n) is 4.69. The number of ether oxygens (including phenoxy) is 1. The molecule has 4 heteroatoms. The summed E-state index contributed by atoms with van der Waals surface area (Å²) in [6, 6.07) is 8.47. The first kappa shape index (κ1) is 12.1. The molecule has 0 aromatic carbocycles. The maximum Gasteiger partial charge on any atom is 0.217 e. The van der Waals surface area contributed by atoms with E-state index in [1.54, 1.807) is 13.3 Å². The maximum absolute atomic E-state index is 5.26. The second-order valence-corrected chi connectivity index (χ2v) is 4.69. The topological polar surface area (TPSA) is 47.0 Å². The third kappa shape index (κ3) is 2.44. The number of fused-ring (bicyclic) bond motifs is 1. The summed E-state index contributed by atoms with van der Waals surface area (Å²) in [5, 5.41) is 3.55. The number of pyridine rings is 2. The average Bonchev–Trinajstić information content (AvgIpc) is 2.89. The van der Waals surface area contributed by atoms with Gasteiger partial charge in [-0.1, -0.05) is 12.1 Å². The lowest BCUT2D eigenvalue weighted by Crippen LogP contribution is -2.20. The molecule has 2 heterocycles. The van der Waals surface area contributed by atoms with Crippen LogP contribution in [0.4, 0.5) is 0 Å². The van der Waals surface area contributed by atoms with Gasteiger partial charge in [0.25, 0.3) is 0 Å². The van der Waals surface area contributed by atoms with Crippen molar-refractivity contribution in [2.75, 3.05) is 7.11 Å². The van der Waals surface area contributed by atoms with E-state index in [4.69, 9.17) is 4.74 Å². The van der Waals surface area contributed by atoms with Crippen LogP contribution in [0.15, 0.2) is 36.7 Å². The first-order valence-corrected chi connectivity index (χ1v) is 6.53. The molecule has 1 N–H and O–H groups in total. The highest BCUT2D eigenvalue weighted by atomic mass is 16.5. The Labute approximate surface area is 112 Å². The third-order valence-corrected chi connectivity index (χ3v) is 3.54. The fourth-order valence-corrected chi connectivity index (χ4v) is 2.59. The highest BCUT2D eigenvalue weighted by Gasteiger charge is 2.23. The lowest BCUT2D eigenvalue weighted by Gasteiger charge is -2.14. The van der Waals surface area contributed by atoms with E-state index < -0.39 is 0 Å². The molecule has 3 rings (SSSR count). The largest absolute Gasteiger partial charge is 0.481 e. The minimum Gasteiger partial charge on any atom is -0.481 e. The molecule has 0 spiro atoms. The Hall–Kier alpha value is -1.94. The molecule has 0 saturated carbocycles. The molecule has 0 radical (unpaired) electrons. The van der Waals surface area contributed by atoms with Gasteiger partial charge in [-0.05, 0) is 30.5 Å². The summed E-state index contributed by atoms with van der Waals surface area (Å²) >= 11 is 0. The van der Waals surface area contributed by atoms with Crippen LogP contribution in [0.3, 0.4) is 0 Å². The predicted octanol–water partition coefficient (Wildman–Crippen LogP) is 2.26. The van der Waals surface area contributed by atoms with Crippen LogP contribution in [0.1, 0.15) is 29.3 Å². The van der Waals surface area contributed by atoms with Crippen molar-refractivity contribution in [2.24, 2.45) is 0 Å². The molecule has 1 unspecified atom stereocenters. The molecule has 2 aromatic rings. The van der Waals surface area contributed by atoms with Crippen LogP contribution in [0.2, 0.25) is 0 Å². The van der Waals surface area contributed by atoms with Crippen molar-refractivity contribution in [3.63, 3.8) is 0 Å². The Morgan fingerprint density at radius 2 is 2.11 bits per heavy atom. The molecule has 1 atom stereocenters. The molecule has 98 valence electrons. The van der Waals surface area contributed by atoms with Gasteiger partial charge < -0.3 is 10.1 Å². The van der Waals surface area contributed by atoms with E-state index in [9.17, 15) is 0 Å². The summed E-state index contributed by atoms with van der Waals surface area (Å²) in [6.45, 7) is 0.748. The summed E-state index contributed by atoms with van der Waals surface area (Å²) in [7, 11) is 1.65. The van der Waals surface area contributed by atoms with Gasteiger partial charge in [0.2, 0.25) is 5.88 Å². The minimum absolute atomic E-state index is 0.334. The van der Waals surface area contributed by atoms with Crippen LogP contribution >= 0.6 is 0 Å². The normalized spacial score (nSPS) is 17.2. The lowest BCUT2D eigenvalue weighted by molar-refractivity contribution is 0.388. The Morgan fingerprint density at radius 3 is 3.00 bits per heavy atom. The molecular formula is C15H17N3O. The van der Waals surface area contributed by atoms with Crippen LogP contribution in [0.25, 0.3) is 0 Å². The molecule has 0 fully saturated rings. The summed E-state index contributed by atoms with van der Waals surface area (Å²) < 4.78 is 5.26. The molecule has 4 nitrogen and oxygen atoms in total. The SMILES string of the molecule is COc1ncccc1CNC1CCc2cccnc21. The smallest absolute Gasteiger partial charge is 0.217 e. The Bertz CT molecular complexity index is 571. The van der Waals surface area contributed by atoms with Crippen LogP contribution in [-0.2, 0) is 13.0 Å². The number of aromatic nitrogens is 2. The highest BCUT2D eigenvalue weighted by Crippen LogP contribution is 2.29. The van der Waals surface area contributed by atoms with Crippen molar-refractivity contribution in [2.45, 2.75) is 25.4 Å². The van der Waals surface area contributed by atoms with Gasteiger partial charge in [0, 0.05) is 24.5 Å². The monoisotopic (exact) mass is 255 g/mol. The van der Waals surface area contributed by atoms with Crippen LogP contribution in [-0.4, -0.2) is 17.1 Å². The van der Waals surface area contributed by atoms with Gasteiger partial charge in [-0.3, -0.25) is 4.98 Å². The molecule has 1 aliphatic carbocycles. The lowest BCUT2D eigenvalue weighted by atomic mass is 10.2. The molecule has 0 amide bonds. The summed E-state index contributed by atoms with van der Waals surface area (Å²) in [5.74, 6) is 0.689. The van der Waals surface area contributed by atoms with E-state index >= 15 is 0 Å². The van der Waals surface area contributed by atoms with E-state index in [0.717, 1.165) is 24.9 Å². The fraction of sp³-hybridized carbons (Fsp3) is 0.333.